The Morgan fingerprint density at radius 1 is 0.722 bits per heavy atom. The van der Waals surface area contributed by atoms with Gasteiger partial charge >= 0.3 is 0 Å². The van der Waals surface area contributed by atoms with Crippen molar-refractivity contribution in [2.45, 2.75) is 28.7 Å². The van der Waals surface area contributed by atoms with Crippen molar-refractivity contribution in [3.05, 3.63) is 181 Å². The third kappa shape index (κ3) is 4.89. The Morgan fingerprint density at radius 2 is 1.46 bits per heavy atom. The van der Waals surface area contributed by atoms with Gasteiger partial charge in [0.2, 0.25) is 15.8 Å². The Kier molecular flexibility index (Phi) is 7.29. The summed E-state index contributed by atoms with van der Waals surface area (Å²) in [5.41, 5.74) is 9.79. The minimum absolute atomic E-state index is 0.00519. The smallest absolute Gasteiger partial charge is 0.231 e. The fraction of sp³-hybridized carbons (Fsp3) is 0.0638. The summed E-state index contributed by atoms with van der Waals surface area (Å²) in [6, 6.07) is 43.2. The summed E-state index contributed by atoms with van der Waals surface area (Å²) in [6.07, 6.45) is 8.64. The molecule has 6 aromatic carbocycles. The van der Waals surface area contributed by atoms with Crippen molar-refractivity contribution in [2.24, 2.45) is 9.98 Å². The number of anilines is 1. The van der Waals surface area contributed by atoms with E-state index in [1.54, 1.807) is 12.1 Å². The van der Waals surface area contributed by atoms with E-state index in [9.17, 15) is 8.42 Å². The van der Waals surface area contributed by atoms with Crippen LogP contribution in [0.4, 0.5) is 5.69 Å². The van der Waals surface area contributed by atoms with Crippen molar-refractivity contribution in [3.8, 4) is 22.3 Å². The predicted octanol–water partition coefficient (Wildman–Crippen LogP) is 11.0. The molecule has 3 aliphatic rings. The monoisotopic (exact) mass is 719 g/mol. The van der Waals surface area contributed by atoms with E-state index in [0.717, 1.165) is 50.0 Å². The lowest BCUT2D eigenvalue weighted by Crippen LogP contribution is -2.38. The first-order valence-corrected chi connectivity index (χ1v) is 19.4. The summed E-state index contributed by atoms with van der Waals surface area (Å²) >= 11 is 0. The number of nitrogens with zero attached hydrogens (tertiary/aromatic N) is 3. The summed E-state index contributed by atoms with van der Waals surface area (Å²) in [5, 5.41) is 1.77. The van der Waals surface area contributed by atoms with E-state index >= 15 is 0 Å². The summed E-state index contributed by atoms with van der Waals surface area (Å²) in [7, 11) is -3.71. The molecule has 3 heterocycles. The first-order valence-electron chi connectivity index (χ1n) is 17.9. The molecule has 1 aliphatic carbocycles. The van der Waals surface area contributed by atoms with Gasteiger partial charge in [0.15, 0.2) is 0 Å². The molecule has 7 heteroatoms. The molecule has 0 radical (unpaired) electrons. The number of benzene rings is 6. The number of allylic oxidation sites excluding steroid dienone is 2. The van der Waals surface area contributed by atoms with Gasteiger partial charge in [0.05, 0.1) is 21.5 Å². The van der Waals surface area contributed by atoms with E-state index < -0.39 is 9.84 Å². The molecule has 0 fully saturated rings. The molecular formula is C47H33N3O3S. The van der Waals surface area contributed by atoms with Crippen LogP contribution < -0.4 is 4.90 Å². The normalized spacial score (nSPS) is 18.1. The van der Waals surface area contributed by atoms with Crippen LogP contribution in [0.2, 0.25) is 0 Å². The average molecular weight is 720 g/mol. The molecule has 0 amide bonds. The highest BCUT2D eigenvalue weighted by Crippen LogP contribution is 2.48. The van der Waals surface area contributed by atoms with Gasteiger partial charge in [-0.25, -0.2) is 18.4 Å². The second kappa shape index (κ2) is 12.3. The van der Waals surface area contributed by atoms with E-state index in [2.05, 4.69) is 66.1 Å². The second-order valence-corrected chi connectivity index (χ2v) is 15.7. The Labute approximate surface area is 313 Å². The minimum atomic E-state index is -3.71. The Hall–Kier alpha value is -6.57. The highest BCUT2D eigenvalue weighted by Gasteiger charge is 2.39. The van der Waals surface area contributed by atoms with Gasteiger partial charge in [-0.15, -0.1) is 0 Å². The number of para-hydroxylation sites is 1. The number of fused-ring (bicyclic) bond motifs is 9. The molecule has 0 bridgehead atoms. The van der Waals surface area contributed by atoms with Crippen LogP contribution in [0.15, 0.2) is 189 Å². The number of furan rings is 1. The molecule has 10 rings (SSSR count). The Morgan fingerprint density at radius 3 is 2.35 bits per heavy atom. The summed E-state index contributed by atoms with van der Waals surface area (Å²) in [6.45, 7) is 6.37. The zero-order valence-electron chi connectivity index (χ0n) is 29.3. The van der Waals surface area contributed by atoms with Gasteiger partial charge in [-0.05, 0) is 53.9 Å². The highest BCUT2D eigenvalue weighted by atomic mass is 32.2. The predicted molar refractivity (Wildman–Crippen MR) is 219 cm³/mol. The van der Waals surface area contributed by atoms with Crippen molar-refractivity contribution < 1.29 is 12.8 Å². The van der Waals surface area contributed by atoms with Gasteiger partial charge in [-0.3, -0.25) is 0 Å². The van der Waals surface area contributed by atoms with Crippen LogP contribution in [0.1, 0.15) is 29.5 Å². The van der Waals surface area contributed by atoms with Crippen molar-refractivity contribution in [1.29, 1.82) is 0 Å². The van der Waals surface area contributed by atoms with Crippen molar-refractivity contribution in [3.63, 3.8) is 0 Å². The number of hydrogen-bond acceptors (Lipinski definition) is 4. The standard InChI is InChI=1S/C47H33N3O3S/c1-29(31-14-4-3-5-15-31)48-47(50-40-22-9-6-16-35(40)36-17-7-10-23-41(36)50)49-30(2)33-19-13-24-43-45(33)39-28-32(26-27-42(39)53-43)34-20-12-21-38-37-18-8-11-25-44(37)54(51,52)46(34)38/h3-28,35,40H,1H2,2H3/b48-47?,49-30+. The number of guanidine groups is 1. The van der Waals surface area contributed by atoms with Crippen molar-refractivity contribution in [1.82, 2.24) is 0 Å². The largest absolute Gasteiger partial charge is 0.456 e. The van der Waals surface area contributed by atoms with Crippen LogP contribution in [0, 0.1) is 0 Å². The van der Waals surface area contributed by atoms with E-state index in [4.69, 9.17) is 14.4 Å². The molecule has 7 aromatic rings. The van der Waals surface area contributed by atoms with Crippen LogP contribution >= 0.6 is 0 Å². The Balaban J connectivity index is 1.14. The van der Waals surface area contributed by atoms with E-state index in [1.165, 1.54) is 5.56 Å². The molecule has 2 atom stereocenters. The molecule has 6 nitrogen and oxygen atoms in total. The molecule has 1 aromatic heterocycles. The summed E-state index contributed by atoms with van der Waals surface area (Å²) in [4.78, 5) is 13.4. The van der Waals surface area contributed by atoms with E-state index in [0.29, 0.717) is 38.2 Å². The maximum absolute atomic E-state index is 13.9. The molecule has 260 valence electrons. The Bertz CT molecular complexity index is 2950. The van der Waals surface area contributed by atoms with Crippen LogP contribution in [0.5, 0.6) is 0 Å². The molecular weight excluding hydrogens is 687 g/mol. The van der Waals surface area contributed by atoms with Crippen LogP contribution in [-0.4, -0.2) is 26.1 Å². The zero-order chi connectivity index (χ0) is 36.6. The number of sulfone groups is 1. The molecule has 0 saturated carbocycles. The second-order valence-electron chi connectivity index (χ2n) is 13.8. The van der Waals surface area contributed by atoms with Crippen LogP contribution in [0.25, 0.3) is 49.9 Å². The maximum atomic E-state index is 13.9. The first kappa shape index (κ1) is 32.1. The maximum Gasteiger partial charge on any atom is 0.231 e. The van der Waals surface area contributed by atoms with Gasteiger partial charge in [-0.2, -0.15) is 0 Å². The fourth-order valence-electron chi connectivity index (χ4n) is 8.27. The third-order valence-electron chi connectivity index (χ3n) is 10.7. The fourth-order valence-corrected chi connectivity index (χ4v) is 10.2. The molecule has 2 unspecified atom stereocenters. The number of hydrogen-bond donors (Lipinski definition) is 0. The first-order chi connectivity index (χ1) is 26.4. The zero-order valence-corrected chi connectivity index (χ0v) is 30.2. The lowest BCUT2D eigenvalue weighted by molar-refractivity contribution is 0.599. The van der Waals surface area contributed by atoms with Gasteiger partial charge < -0.3 is 9.32 Å². The molecule has 0 N–H and O–H groups in total. The van der Waals surface area contributed by atoms with Gasteiger partial charge in [-0.1, -0.05) is 134 Å². The molecule has 54 heavy (non-hydrogen) atoms. The van der Waals surface area contributed by atoms with Gasteiger partial charge in [0.25, 0.3) is 0 Å². The highest BCUT2D eigenvalue weighted by molar-refractivity contribution is 7.92. The van der Waals surface area contributed by atoms with Crippen molar-refractivity contribution >= 4 is 54.8 Å². The van der Waals surface area contributed by atoms with Crippen molar-refractivity contribution in [2.75, 3.05) is 4.90 Å². The quantitative estimate of drug-likeness (QED) is 0.134. The summed E-state index contributed by atoms with van der Waals surface area (Å²) in [5.74, 6) is 0.698. The minimum Gasteiger partial charge on any atom is -0.456 e. The van der Waals surface area contributed by atoms with Crippen LogP contribution in [0.3, 0.4) is 0 Å². The summed E-state index contributed by atoms with van der Waals surface area (Å²) < 4.78 is 34.3. The topological polar surface area (TPSA) is 75.2 Å². The van der Waals surface area contributed by atoms with Gasteiger partial charge in [0.1, 0.15) is 11.2 Å². The third-order valence-corrected chi connectivity index (χ3v) is 12.6. The molecule has 0 saturated heterocycles. The van der Waals surface area contributed by atoms with E-state index in [-0.39, 0.29) is 12.0 Å². The number of rotatable bonds is 4. The lowest BCUT2D eigenvalue weighted by atomic mass is 9.92. The van der Waals surface area contributed by atoms with E-state index in [1.807, 2.05) is 97.9 Å². The molecule has 0 spiro atoms. The lowest BCUT2D eigenvalue weighted by Gasteiger charge is -2.28. The van der Waals surface area contributed by atoms with Gasteiger partial charge in [0, 0.05) is 50.3 Å². The molecule has 2 aliphatic heterocycles. The average Bonchev–Trinajstić information content (AvgIpc) is 3.83. The van der Waals surface area contributed by atoms with Crippen LogP contribution in [-0.2, 0) is 9.84 Å². The number of aliphatic imine (C=N–C) groups is 2. The SMILES string of the molecule is C=C(N=C(/N=C(\C)c1cccc2oc3ccc(-c4cccc5c4S(=O)(=O)c4ccccc4-5)cc3c12)N1c2ccccc2C2C=CC=CC21)c1ccccc1.